The van der Waals surface area contributed by atoms with Crippen LogP contribution in [-0.4, -0.2) is 31.8 Å². The lowest BCUT2D eigenvalue weighted by molar-refractivity contribution is -0.148. The van der Waals surface area contributed by atoms with Gasteiger partial charge in [0.1, 0.15) is 17.2 Å². The van der Waals surface area contributed by atoms with Crippen LogP contribution in [0.5, 0.6) is 17.2 Å². The Hall–Kier alpha value is -3.28. The molecule has 0 spiro atoms. The molecule has 0 aromatic heterocycles. The molecule has 6 heteroatoms. The lowest BCUT2D eigenvalue weighted by Crippen LogP contribution is -2.14. The van der Waals surface area contributed by atoms with Crippen LogP contribution in [0.15, 0.2) is 54.6 Å². The van der Waals surface area contributed by atoms with Crippen LogP contribution < -0.4 is 14.2 Å². The second kappa shape index (κ2) is 16.4. The van der Waals surface area contributed by atoms with Gasteiger partial charge in [-0.05, 0) is 86.6 Å². The smallest absolute Gasteiger partial charge is 0.336 e. The average molecular weight is 483 g/mol. The molecule has 2 aromatic rings. The highest BCUT2D eigenvalue weighted by molar-refractivity contribution is 5.88. The quantitative estimate of drug-likeness (QED) is 0.116. The third-order valence-corrected chi connectivity index (χ3v) is 5.37. The largest absolute Gasteiger partial charge is 0.494 e. The highest BCUT2D eigenvalue weighted by atomic mass is 16.5. The standard InChI is InChI=1S/C29H38O6/c1-4-20-32-26-15-17-27(18-16-26)35-28(30)19-12-24-10-13-25(14-11-24)33-21-8-6-7-9-22-34-29(31)23(3)5-2/h10-19,23H,4-9,20-22H2,1-3H3/b19-12+. The maximum Gasteiger partial charge on any atom is 0.336 e. The Morgan fingerprint density at radius 1 is 0.771 bits per heavy atom. The van der Waals surface area contributed by atoms with E-state index in [0.29, 0.717) is 25.6 Å². The molecule has 1 atom stereocenters. The summed E-state index contributed by atoms with van der Waals surface area (Å²) >= 11 is 0. The first-order chi connectivity index (χ1) is 17.0. The lowest BCUT2D eigenvalue weighted by atomic mass is 10.1. The Morgan fingerprint density at radius 2 is 1.34 bits per heavy atom. The molecular weight excluding hydrogens is 444 g/mol. The molecular formula is C29H38O6. The Balaban J connectivity index is 1.61. The summed E-state index contributed by atoms with van der Waals surface area (Å²) in [6.45, 7) is 7.71. The van der Waals surface area contributed by atoms with Crippen LogP contribution in [0.1, 0.15) is 64.9 Å². The molecule has 1 unspecified atom stereocenters. The first-order valence-corrected chi connectivity index (χ1v) is 12.5. The fourth-order valence-corrected chi connectivity index (χ4v) is 3.04. The Bertz CT molecular complexity index is 902. The fourth-order valence-electron chi connectivity index (χ4n) is 3.04. The van der Waals surface area contributed by atoms with E-state index in [1.54, 1.807) is 30.3 Å². The van der Waals surface area contributed by atoms with Crippen molar-refractivity contribution in [2.24, 2.45) is 5.92 Å². The summed E-state index contributed by atoms with van der Waals surface area (Å²) in [5, 5.41) is 0. The summed E-state index contributed by atoms with van der Waals surface area (Å²) in [6.07, 6.45) is 8.71. The zero-order chi connectivity index (χ0) is 25.3. The van der Waals surface area contributed by atoms with Gasteiger partial charge >= 0.3 is 11.9 Å². The van der Waals surface area contributed by atoms with E-state index in [1.165, 1.54) is 6.08 Å². The number of rotatable bonds is 16. The van der Waals surface area contributed by atoms with Crippen LogP contribution >= 0.6 is 0 Å². The first kappa shape index (κ1) is 28.0. The van der Waals surface area contributed by atoms with Gasteiger partial charge in [0.05, 0.1) is 25.7 Å². The topological polar surface area (TPSA) is 71.1 Å². The number of unbranched alkanes of at least 4 members (excludes halogenated alkanes) is 3. The number of carbonyl (C=O) groups is 2. The third-order valence-electron chi connectivity index (χ3n) is 5.37. The van der Waals surface area contributed by atoms with Crippen molar-refractivity contribution in [3.63, 3.8) is 0 Å². The van der Waals surface area contributed by atoms with Crippen molar-refractivity contribution >= 4 is 18.0 Å². The Labute approximate surface area is 209 Å². The minimum atomic E-state index is -0.442. The van der Waals surface area contributed by atoms with Gasteiger partial charge in [-0.25, -0.2) is 4.79 Å². The van der Waals surface area contributed by atoms with Crippen molar-refractivity contribution in [1.82, 2.24) is 0 Å². The third kappa shape index (κ3) is 11.6. The van der Waals surface area contributed by atoms with Crippen LogP contribution in [0, 0.1) is 5.92 Å². The number of hydrogen-bond donors (Lipinski definition) is 0. The maximum absolute atomic E-state index is 12.1. The number of hydrogen-bond acceptors (Lipinski definition) is 6. The molecule has 190 valence electrons. The fraction of sp³-hybridized carbons (Fsp3) is 0.448. The van der Waals surface area contributed by atoms with E-state index in [4.69, 9.17) is 18.9 Å². The van der Waals surface area contributed by atoms with E-state index >= 15 is 0 Å². The van der Waals surface area contributed by atoms with E-state index in [0.717, 1.165) is 55.6 Å². The van der Waals surface area contributed by atoms with E-state index < -0.39 is 5.97 Å². The van der Waals surface area contributed by atoms with Gasteiger partial charge in [-0.15, -0.1) is 0 Å². The van der Waals surface area contributed by atoms with Gasteiger partial charge in [-0.3, -0.25) is 4.79 Å². The van der Waals surface area contributed by atoms with Crippen LogP contribution in [0.4, 0.5) is 0 Å². The molecule has 0 bridgehead atoms. The maximum atomic E-state index is 12.1. The second-order valence-electron chi connectivity index (χ2n) is 8.38. The molecule has 0 aliphatic heterocycles. The zero-order valence-electron chi connectivity index (χ0n) is 21.2. The van der Waals surface area contributed by atoms with Crippen LogP contribution in [0.2, 0.25) is 0 Å². The second-order valence-corrected chi connectivity index (χ2v) is 8.38. The molecule has 0 N–H and O–H groups in total. The molecule has 0 fully saturated rings. The summed E-state index contributed by atoms with van der Waals surface area (Å²) in [5.74, 6) is 1.45. The molecule has 0 aliphatic rings. The molecule has 35 heavy (non-hydrogen) atoms. The van der Waals surface area contributed by atoms with E-state index in [1.807, 2.05) is 45.0 Å². The average Bonchev–Trinajstić information content (AvgIpc) is 2.88. The monoisotopic (exact) mass is 482 g/mol. The molecule has 6 nitrogen and oxygen atoms in total. The van der Waals surface area contributed by atoms with Crippen molar-refractivity contribution in [3.05, 3.63) is 60.2 Å². The van der Waals surface area contributed by atoms with E-state index in [2.05, 4.69) is 0 Å². The van der Waals surface area contributed by atoms with Crippen molar-refractivity contribution < 1.29 is 28.5 Å². The van der Waals surface area contributed by atoms with Crippen molar-refractivity contribution in [1.29, 1.82) is 0 Å². The molecule has 0 radical (unpaired) electrons. The van der Waals surface area contributed by atoms with Gasteiger partial charge in [-0.1, -0.05) is 32.9 Å². The molecule has 0 saturated carbocycles. The predicted molar refractivity (Wildman–Crippen MR) is 138 cm³/mol. The zero-order valence-corrected chi connectivity index (χ0v) is 21.2. The number of benzene rings is 2. The minimum Gasteiger partial charge on any atom is -0.494 e. The molecule has 0 heterocycles. The summed E-state index contributed by atoms with van der Waals surface area (Å²) in [7, 11) is 0. The van der Waals surface area contributed by atoms with Crippen molar-refractivity contribution in [3.8, 4) is 17.2 Å². The summed E-state index contributed by atoms with van der Waals surface area (Å²) in [6, 6.07) is 14.5. The SMILES string of the molecule is CCCOc1ccc(OC(=O)/C=C/c2ccc(OCCCCCCOC(=O)C(C)CC)cc2)cc1. The Kier molecular flexibility index (Phi) is 13.1. The molecule has 2 aromatic carbocycles. The predicted octanol–water partition coefficient (Wildman–Crippen LogP) is 6.62. The lowest BCUT2D eigenvalue weighted by Gasteiger charge is -2.09. The minimum absolute atomic E-state index is 0.0203. The summed E-state index contributed by atoms with van der Waals surface area (Å²) < 4.78 is 21.9. The highest BCUT2D eigenvalue weighted by Crippen LogP contribution is 2.18. The Morgan fingerprint density at radius 3 is 1.97 bits per heavy atom. The molecule has 0 aliphatic carbocycles. The number of esters is 2. The van der Waals surface area contributed by atoms with Gasteiger partial charge in [0.25, 0.3) is 0 Å². The van der Waals surface area contributed by atoms with Gasteiger partial charge in [-0.2, -0.15) is 0 Å². The van der Waals surface area contributed by atoms with Crippen molar-refractivity contribution in [2.75, 3.05) is 19.8 Å². The van der Waals surface area contributed by atoms with Gasteiger partial charge in [0.15, 0.2) is 0 Å². The van der Waals surface area contributed by atoms with E-state index in [-0.39, 0.29) is 11.9 Å². The van der Waals surface area contributed by atoms with Gasteiger partial charge in [0.2, 0.25) is 0 Å². The summed E-state index contributed by atoms with van der Waals surface area (Å²) in [4.78, 5) is 23.7. The van der Waals surface area contributed by atoms with Gasteiger partial charge in [0, 0.05) is 6.08 Å². The van der Waals surface area contributed by atoms with Crippen LogP contribution in [0.3, 0.4) is 0 Å². The first-order valence-electron chi connectivity index (χ1n) is 12.5. The van der Waals surface area contributed by atoms with E-state index in [9.17, 15) is 9.59 Å². The van der Waals surface area contributed by atoms with Crippen LogP contribution in [-0.2, 0) is 14.3 Å². The normalized spacial score (nSPS) is 11.7. The number of ether oxygens (including phenoxy) is 4. The van der Waals surface area contributed by atoms with Crippen molar-refractivity contribution in [2.45, 2.75) is 59.3 Å². The number of carbonyl (C=O) groups excluding carboxylic acids is 2. The van der Waals surface area contributed by atoms with Crippen LogP contribution in [0.25, 0.3) is 6.08 Å². The summed E-state index contributed by atoms with van der Waals surface area (Å²) in [5.41, 5.74) is 0.879. The molecule has 0 saturated heterocycles. The highest BCUT2D eigenvalue weighted by Gasteiger charge is 2.11. The van der Waals surface area contributed by atoms with Gasteiger partial charge < -0.3 is 18.9 Å². The molecule has 0 amide bonds. The molecule has 2 rings (SSSR count).